The first kappa shape index (κ1) is 17.0. The molecular formula is C19H16ClNO4. The Morgan fingerprint density at radius 3 is 2.64 bits per heavy atom. The van der Waals surface area contributed by atoms with Gasteiger partial charge in [0.2, 0.25) is 5.78 Å². The van der Waals surface area contributed by atoms with Gasteiger partial charge in [0.1, 0.15) is 11.4 Å². The molecule has 0 aliphatic carbocycles. The summed E-state index contributed by atoms with van der Waals surface area (Å²) in [7, 11) is 1.50. The van der Waals surface area contributed by atoms with Crippen molar-refractivity contribution in [3.8, 4) is 11.5 Å². The first-order valence-electron chi connectivity index (χ1n) is 7.74. The molecule has 0 fully saturated rings. The number of methoxy groups -OCH3 is 1. The van der Waals surface area contributed by atoms with Gasteiger partial charge in [0, 0.05) is 16.8 Å². The Morgan fingerprint density at radius 2 is 1.92 bits per heavy atom. The molecule has 0 aliphatic rings. The van der Waals surface area contributed by atoms with Crippen molar-refractivity contribution in [1.82, 2.24) is 4.98 Å². The minimum Gasteiger partial charge on any atom is -0.496 e. The summed E-state index contributed by atoms with van der Waals surface area (Å²) in [6.45, 7) is 1.69. The number of rotatable bonds is 5. The van der Waals surface area contributed by atoms with Crippen LogP contribution in [-0.4, -0.2) is 23.8 Å². The van der Waals surface area contributed by atoms with Crippen molar-refractivity contribution in [2.75, 3.05) is 7.11 Å². The van der Waals surface area contributed by atoms with Gasteiger partial charge in [0.05, 0.1) is 18.2 Å². The summed E-state index contributed by atoms with van der Waals surface area (Å²) in [5.74, 6) is -0.111. The second-order valence-corrected chi connectivity index (χ2v) is 5.81. The fourth-order valence-corrected chi connectivity index (χ4v) is 2.73. The van der Waals surface area contributed by atoms with Crippen molar-refractivity contribution in [3.63, 3.8) is 0 Å². The zero-order chi connectivity index (χ0) is 18.0. The van der Waals surface area contributed by atoms with Crippen molar-refractivity contribution in [1.29, 1.82) is 0 Å². The fourth-order valence-electron chi connectivity index (χ4n) is 2.56. The number of esters is 1. The van der Waals surface area contributed by atoms with E-state index in [4.69, 9.17) is 21.1 Å². The molecule has 0 spiro atoms. The highest BCUT2D eigenvalue weighted by Crippen LogP contribution is 2.34. The molecule has 0 atom stereocenters. The number of hydrogen-bond donors (Lipinski definition) is 1. The van der Waals surface area contributed by atoms with Gasteiger partial charge in [-0.3, -0.25) is 9.59 Å². The molecule has 0 bridgehead atoms. The van der Waals surface area contributed by atoms with Gasteiger partial charge in [0.25, 0.3) is 0 Å². The highest BCUT2D eigenvalue weighted by molar-refractivity contribution is 6.31. The van der Waals surface area contributed by atoms with E-state index in [2.05, 4.69) is 4.98 Å². The normalized spacial score (nSPS) is 10.7. The average Bonchev–Trinajstić information content (AvgIpc) is 2.98. The molecule has 0 unspecified atom stereocenters. The molecule has 3 aromatic rings. The van der Waals surface area contributed by atoms with E-state index in [1.165, 1.54) is 7.11 Å². The van der Waals surface area contributed by atoms with E-state index in [1.807, 2.05) is 0 Å². The van der Waals surface area contributed by atoms with Crippen LogP contribution >= 0.6 is 11.6 Å². The monoisotopic (exact) mass is 357 g/mol. The average molecular weight is 358 g/mol. The van der Waals surface area contributed by atoms with Crippen LogP contribution in [0.4, 0.5) is 0 Å². The maximum atomic E-state index is 13.0. The number of ether oxygens (including phenoxy) is 2. The number of aromatic nitrogens is 1. The lowest BCUT2D eigenvalue weighted by atomic mass is 10.1. The van der Waals surface area contributed by atoms with Crippen LogP contribution in [0.15, 0.2) is 42.5 Å². The number of fused-ring (bicyclic) bond motifs is 1. The lowest BCUT2D eigenvalue weighted by molar-refractivity contribution is -0.133. The quantitative estimate of drug-likeness (QED) is 0.543. The molecule has 1 heterocycles. The molecule has 0 amide bonds. The smallest absolute Gasteiger partial charge is 0.310 e. The van der Waals surface area contributed by atoms with Crippen molar-refractivity contribution in [2.24, 2.45) is 0 Å². The minimum absolute atomic E-state index is 0.184. The fraction of sp³-hybridized carbons (Fsp3) is 0.158. The predicted octanol–water partition coefficient (Wildman–Crippen LogP) is 4.38. The highest BCUT2D eigenvalue weighted by atomic mass is 35.5. The number of ketones is 1. The maximum Gasteiger partial charge on any atom is 0.310 e. The largest absolute Gasteiger partial charge is 0.496 e. The third-order valence-corrected chi connectivity index (χ3v) is 4.03. The van der Waals surface area contributed by atoms with Gasteiger partial charge in [-0.05, 0) is 30.3 Å². The number of nitrogens with one attached hydrogen (secondary N) is 1. The second-order valence-electron chi connectivity index (χ2n) is 5.38. The minimum atomic E-state index is -0.426. The number of aromatic amines is 1. The molecule has 1 N–H and O–H groups in total. The van der Waals surface area contributed by atoms with E-state index in [0.29, 0.717) is 27.2 Å². The SMILES string of the molecule is CCC(=O)Oc1c(C(=O)c2ccccc2OC)[nH]c2cc(Cl)ccc12. The summed E-state index contributed by atoms with van der Waals surface area (Å²) in [4.78, 5) is 27.9. The Morgan fingerprint density at radius 1 is 1.16 bits per heavy atom. The van der Waals surface area contributed by atoms with Crippen LogP contribution in [0.2, 0.25) is 5.02 Å². The number of benzene rings is 2. The molecule has 0 aliphatic heterocycles. The van der Waals surface area contributed by atoms with E-state index in [0.717, 1.165) is 0 Å². The molecule has 25 heavy (non-hydrogen) atoms. The zero-order valence-electron chi connectivity index (χ0n) is 13.8. The Balaban J connectivity index is 2.18. The Labute approximate surface area is 149 Å². The van der Waals surface area contributed by atoms with Crippen LogP contribution in [0.3, 0.4) is 0 Å². The lowest BCUT2D eigenvalue weighted by Gasteiger charge is -2.08. The Bertz CT molecular complexity index is 961. The number of carbonyl (C=O) groups is 2. The summed E-state index contributed by atoms with van der Waals surface area (Å²) in [6, 6.07) is 11.9. The second kappa shape index (κ2) is 6.99. The Kier molecular flexibility index (Phi) is 4.76. The molecule has 2 aromatic carbocycles. The molecule has 0 saturated heterocycles. The zero-order valence-corrected chi connectivity index (χ0v) is 14.5. The third kappa shape index (κ3) is 3.23. The van der Waals surface area contributed by atoms with Gasteiger partial charge in [-0.2, -0.15) is 0 Å². The van der Waals surface area contributed by atoms with Crippen molar-refractivity contribution in [3.05, 3.63) is 58.7 Å². The number of halogens is 1. The standard InChI is InChI=1S/C19H16ClNO4/c1-3-16(22)25-19-12-9-8-11(20)10-14(12)21-17(19)18(23)13-6-4-5-7-15(13)24-2/h4-10,21H,3H2,1-2H3. The van der Waals surface area contributed by atoms with Gasteiger partial charge >= 0.3 is 5.97 Å². The molecule has 0 saturated carbocycles. The first-order chi connectivity index (χ1) is 12.0. The topological polar surface area (TPSA) is 68.4 Å². The number of para-hydroxylation sites is 1. The summed E-state index contributed by atoms with van der Waals surface area (Å²) < 4.78 is 10.7. The van der Waals surface area contributed by atoms with Crippen LogP contribution in [0.25, 0.3) is 10.9 Å². The van der Waals surface area contributed by atoms with Crippen LogP contribution in [0.1, 0.15) is 29.4 Å². The van der Waals surface area contributed by atoms with E-state index in [1.54, 1.807) is 49.4 Å². The molecule has 128 valence electrons. The predicted molar refractivity (Wildman–Crippen MR) is 95.7 cm³/mol. The summed E-state index contributed by atoms with van der Waals surface area (Å²) in [6.07, 6.45) is 0.197. The van der Waals surface area contributed by atoms with E-state index in [-0.39, 0.29) is 23.6 Å². The highest BCUT2D eigenvalue weighted by Gasteiger charge is 2.24. The lowest BCUT2D eigenvalue weighted by Crippen LogP contribution is -2.10. The summed E-state index contributed by atoms with van der Waals surface area (Å²) in [5.41, 5.74) is 1.17. The summed E-state index contributed by atoms with van der Waals surface area (Å²) in [5, 5.41) is 1.13. The summed E-state index contributed by atoms with van der Waals surface area (Å²) >= 11 is 6.02. The van der Waals surface area contributed by atoms with Gasteiger partial charge < -0.3 is 14.5 Å². The third-order valence-electron chi connectivity index (χ3n) is 3.80. The van der Waals surface area contributed by atoms with E-state index >= 15 is 0 Å². The number of carbonyl (C=O) groups excluding carboxylic acids is 2. The van der Waals surface area contributed by atoms with Crippen molar-refractivity contribution < 1.29 is 19.1 Å². The van der Waals surface area contributed by atoms with Gasteiger partial charge in [-0.15, -0.1) is 0 Å². The van der Waals surface area contributed by atoms with Gasteiger partial charge in [0.15, 0.2) is 5.75 Å². The molecule has 0 radical (unpaired) electrons. The molecule has 5 nitrogen and oxygen atoms in total. The maximum absolute atomic E-state index is 13.0. The van der Waals surface area contributed by atoms with E-state index < -0.39 is 5.97 Å². The van der Waals surface area contributed by atoms with Crippen LogP contribution in [0, 0.1) is 0 Å². The van der Waals surface area contributed by atoms with Crippen LogP contribution < -0.4 is 9.47 Å². The first-order valence-corrected chi connectivity index (χ1v) is 8.12. The van der Waals surface area contributed by atoms with Crippen molar-refractivity contribution >= 4 is 34.3 Å². The molecular weight excluding hydrogens is 342 g/mol. The Hall–Kier alpha value is -2.79. The van der Waals surface area contributed by atoms with Gasteiger partial charge in [-0.25, -0.2) is 0 Å². The molecule has 1 aromatic heterocycles. The molecule has 6 heteroatoms. The van der Waals surface area contributed by atoms with Gasteiger partial charge in [-0.1, -0.05) is 30.7 Å². The van der Waals surface area contributed by atoms with Crippen LogP contribution in [-0.2, 0) is 4.79 Å². The van der Waals surface area contributed by atoms with E-state index in [9.17, 15) is 9.59 Å². The number of H-pyrrole nitrogens is 1. The van der Waals surface area contributed by atoms with Crippen LogP contribution in [0.5, 0.6) is 11.5 Å². The molecule has 3 rings (SSSR count). The number of hydrogen-bond acceptors (Lipinski definition) is 4. The van der Waals surface area contributed by atoms with Crippen molar-refractivity contribution in [2.45, 2.75) is 13.3 Å².